The molecule has 4 rings (SSSR count). The zero-order chi connectivity index (χ0) is 22.8. The van der Waals surface area contributed by atoms with Gasteiger partial charge in [0.15, 0.2) is 0 Å². The lowest BCUT2D eigenvalue weighted by Crippen LogP contribution is -2.29. The second kappa shape index (κ2) is 8.35. The van der Waals surface area contributed by atoms with Gasteiger partial charge >= 0.3 is 0 Å². The van der Waals surface area contributed by atoms with Gasteiger partial charge in [0.05, 0.1) is 23.6 Å². The Bertz CT molecular complexity index is 1220. The van der Waals surface area contributed by atoms with Gasteiger partial charge in [0.1, 0.15) is 11.5 Å². The summed E-state index contributed by atoms with van der Waals surface area (Å²) in [4.78, 5) is 37.8. The summed E-state index contributed by atoms with van der Waals surface area (Å²) in [5.41, 5.74) is 1.03. The summed E-state index contributed by atoms with van der Waals surface area (Å²) >= 11 is 0. The van der Waals surface area contributed by atoms with Crippen LogP contribution in [0, 0.1) is 10.1 Å². The molecule has 0 saturated carbocycles. The van der Waals surface area contributed by atoms with Crippen molar-refractivity contribution in [1.29, 1.82) is 0 Å². The summed E-state index contributed by atoms with van der Waals surface area (Å²) in [6.45, 7) is 0. The van der Waals surface area contributed by atoms with E-state index in [4.69, 9.17) is 4.74 Å². The highest BCUT2D eigenvalue weighted by Crippen LogP contribution is 2.42. The second-order valence-corrected chi connectivity index (χ2v) is 7.08. The lowest BCUT2D eigenvalue weighted by Gasteiger charge is -2.25. The molecule has 0 bridgehead atoms. The number of non-ortho nitro benzene ring substituents is 1. The molecule has 1 atom stereocenters. The number of aliphatic hydroxyl groups is 1. The SMILES string of the molecule is COc1ccc([C@@H]2/C(=C(\O)c3ccc([N+](=O)[O-])cc3)C(=O)C(=O)N2c2ccccc2)cc1. The molecular formula is C24H18N2O6. The summed E-state index contributed by atoms with van der Waals surface area (Å²) in [7, 11) is 1.53. The van der Waals surface area contributed by atoms with Crippen LogP contribution in [-0.2, 0) is 9.59 Å². The number of amides is 1. The molecule has 1 amide bonds. The number of Topliss-reactive ketones (excluding diaryl/α,β-unsaturated/α-hetero) is 1. The van der Waals surface area contributed by atoms with Gasteiger partial charge < -0.3 is 9.84 Å². The number of benzene rings is 3. The average molecular weight is 430 g/mol. The van der Waals surface area contributed by atoms with Gasteiger partial charge in [-0.05, 0) is 42.0 Å². The second-order valence-electron chi connectivity index (χ2n) is 7.08. The van der Waals surface area contributed by atoms with Crippen LogP contribution < -0.4 is 9.64 Å². The Labute approximate surface area is 183 Å². The maximum absolute atomic E-state index is 13.0. The molecule has 3 aromatic carbocycles. The highest BCUT2D eigenvalue weighted by atomic mass is 16.6. The summed E-state index contributed by atoms with van der Waals surface area (Å²) in [6.07, 6.45) is 0. The number of carbonyl (C=O) groups excluding carboxylic acids is 2. The molecule has 0 aliphatic carbocycles. The first-order valence-electron chi connectivity index (χ1n) is 9.67. The van der Waals surface area contributed by atoms with Gasteiger partial charge in [-0.3, -0.25) is 24.6 Å². The lowest BCUT2D eigenvalue weighted by molar-refractivity contribution is -0.384. The third-order valence-electron chi connectivity index (χ3n) is 5.26. The van der Waals surface area contributed by atoms with Gasteiger partial charge in [0, 0.05) is 23.4 Å². The van der Waals surface area contributed by atoms with E-state index in [1.165, 1.54) is 36.3 Å². The van der Waals surface area contributed by atoms with Crippen molar-refractivity contribution in [2.24, 2.45) is 0 Å². The number of nitro benzene ring substituents is 1. The highest BCUT2D eigenvalue weighted by molar-refractivity contribution is 6.51. The maximum atomic E-state index is 13.0. The lowest BCUT2D eigenvalue weighted by atomic mass is 9.95. The molecule has 1 fully saturated rings. The number of ketones is 1. The standard InChI is InChI=1S/C24H18N2O6/c1-32-19-13-9-15(10-14-19)21-20(22(27)16-7-11-18(12-8-16)26(30)31)23(28)24(29)25(21)17-5-3-2-4-6-17/h2-14,21,27H,1H3/b22-20+/t21-/m1/s1. The molecule has 160 valence electrons. The minimum absolute atomic E-state index is 0.0992. The first-order chi connectivity index (χ1) is 15.4. The summed E-state index contributed by atoms with van der Waals surface area (Å²) in [6, 6.07) is 19.8. The third kappa shape index (κ3) is 3.58. The Kier molecular flexibility index (Phi) is 5.43. The topological polar surface area (TPSA) is 110 Å². The van der Waals surface area contributed by atoms with E-state index in [0.717, 1.165) is 0 Å². The van der Waals surface area contributed by atoms with Crippen LogP contribution >= 0.6 is 0 Å². The van der Waals surface area contributed by atoms with Crippen LogP contribution in [0.1, 0.15) is 17.2 Å². The average Bonchev–Trinajstić information content (AvgIpc) is 3.09. The van der Waals surface area contributed by atoms with Crippen molar-refractivity contribution in [3.63, 3.8) is 0 Å². The number of aliphatic hydroxyl groups excluding tert-OH is 1. The highest BCUT2D eigenvalue weighted by Gasteiger charge is 2.46. The summed E-state index contributed by atoms with van der Waals surface area (Å²) in [5, 5.41) is 22.0. The predicted octanol–water partition coefficient (Wildman–Crippen LogP) is 4.23. The minimum atomic E-state index is -0.890. The van der Waals surface area contributed by atoms with E-state index >= 15 is 0 Å². The zero-order valence-corrected chi connectivity index (χ0v) is 17.0. The normalized spacial score (nSPS) is 17.4. The van der Waals surface area contributed by atoms with Crippen LogP contribution in [0.25, 0.3) is 5.76 Å². The minimum Gasteiger partial charge on any atom is -0.507 e. The molecular weight excluding hydrogens is 412 g/mol. The number of hydrogen-bond donors (Lipinski definition) is 1. The number of anilines is 1. The Morgan fingerprint density at radius 2 is 1.59 bits per heavy atom. The predicted molar refractivity (Wildman–Crippen MR) is 117 cm³/mol. The van der Waals surface area contributed by atoms with Gasteiger partial charge in [0.2, 0.25) is 0 Å². The van der Waals surface area contributed by atoms with Crippen molar-refractivity contribution in [3.8, 4) is 5.75 Å². The van der Waals surface area contributed by atoms with Crippen LogP contribution in [0.4, 0.5) is 11.4 Å². The Morgan fingerprint density at radius 3 is 2.16 bits per heavy atom. The molecule has 1 heterocycles. The third-order valence-corrected chi connectivity index (χ3v) is 5.26. The number of para-hydroxylation sites is 1. The van der Waals surface area contributed by atoms with Crippen molar-refractivity contribution in [3.05, 3.63) is 106 Å². The molecule has 0 spiro atoms. The maximum Gasteiger partial charge on any atom is 0.300 e. The van der Waals surface area contributed by atoms with E-state index in [2.05, 4.69) is 0 Å². The van der Waals surface area contributed by atoms with Crippen LogP contribution in [0.3, 0.4) is 0 Å². The van der Waals surface area contributed by atoms with Gasteiger partial charge in [-0.15, -0.1) is 0 Å². The zero-order valence-electron chi connectivity index (χ0n) is 17.0. The van der Waals surface area contributed by atoms with E-state index in [9.17, 15) is 24.8 Å². The van der Waals surface area contributed by atoms with Crippen LogP contribution in [0.2, 0.25) is 0 Å². The molecule has 1 saturated heterocycles. The molecule has 0 aromatic heterocycles. The largest absolute Gasteiger partial charge is 0.507 e. The molecule has 1 aliphatic rings. The van der Waals surface area contributed by atoms with Crippen LogP contribution in [0.5, 0.6) is 5.75 Å². The Hall–Kier alpha value is -4.46. The smallest absolute Gasteiger partial charge is 0.300 e. The van der Waals surface area contributed by atoms with E-state index in [1.54, 1.807) is 54.6 Å². The molecule has 0 unspecified atom stereocenters. The van der Waals surface area contributed by atoms with Gasteiger partial charge in [-0.25, -0.2) is 0 Å². The first-order valence-corrected chi connectivity index (χ1v) is 9.67. The number of methoxy groups -OCH3 is 1. The van der Waals surface area contributed by atoms with E-state index in [1.807, 2.05) is 0 Å². The van der Waals surface area contributed by atoms with Crippen LogP contribution in [0.15, 0.2) is 84.4 Å². The fourth-order valence-electron chi connectivity index (χ4n) is 3.69. The number of ether oxygens (including phenoxy) is 1. The number of hydrogen-bond acceptors (Lipinski definition) is 6. The number of rotatable bonds is 5. The molecule has 8 heteroatoms. The monoisotopic (exact) mass is 430 g/mol. The quantitative estimate of drug-likeness (QED) is 0.213. The number of nitrogens with zero attached hydrogens (tertiary/aromatic N) is 2. The van der Waals surface area contributed by atoms with Gasteiger partial charge in [0.25, 0.3) is 17.4 Å². The molecule has 32 heavy (non-hydrogen) atoms. The van der Waals surface area contributed by atoms with Crippen molar-refractivity contribution in [2.45, 2.75) is 6.04 Å². The fourth-order valence-corrected chi connectivity index (χ4v) is 3.69. The van der Waals surface area contributed by atoms with Crippen molar-refractivity contribution < 1.29 is 24.4 Å². The first kappa shape index (κ1) is 20.8. The van der Waals surface area contributed by atoms with Crippen molar-refractivity contribution in [1.82, 2.24) is 0 Å². The summed E-state index contributed by atoms with van der Waals surface area (Å²) < 4.78 is 5.20. The molecule has 3 aromatic rings. The van der Waals surface area contributed by atoms with Gasteiger partial charge in [-0.2, -0.15) is 0 Å². The van der Waals surface area contributed by atoms with Gasteiger partial charge in [-0.1, -0.05) is 30.3 Å². The number of nitro groups is 1. The number of carbonyl (C=O) groups is 2. The van der Waals surface area contributed by atoms with Crippen molar-refractivity contribution >= 4 is 28.8 Å². The Morgan fingerprint density at radius 1 is 0.969 bits per heavy atom. The van der Waals surface area contributed by atoms with E-state index < -0.39 is 28.4 Å². The molecule has 0 radical (unpaired) electrons. The fraction of sp³-hybridized carbons (Fsp3) is 0.0833. The van der Waals surface area contributed by atoms with E-state index in [0.29, 0.717) is 17.0 Å². The van der Waals surface area contributed by atoms with E-state index in [-0.39, 0.29) is 16.8 Å². The van der Waals surface area contributed by atoms with Crippen LogP contribution in [-0.4, -0.2) is 28.8 Å². The van der Waals surface area contributed by atoms with Crippen molar-refractivity contribution in [2.75, 3.05) is 12.0 Å². The Balaban J connectivity index is 1.90. The summed E-state index contributed by atoms with van der Waals surface area (Å²) in [5.74, 6) is -1.43. The molecule has 1 aliphatic heterocycles. The molecule has 8 nitrogen and oxygen atoms in total. The molecule has 1 N–H and O–H groups in total.